The minimum atomic E-state index is 0.874. The molecule has 61 heavy (non-hydrogen) atoms. The molecule has 0 bridgehead atoms. The molecule has 0 N–H and O–H groups in total. The molecule has 286 valence electrons. The van der Waals surface area contributed by atoms with E-state index in [0.29, 0.717) is 0 Å². The Labute approximate surface area is 354 Å². The maximum atomic E-state index is 6.61. The number of fused-ring (bicyclic) bond motifs is 14. The molecule has 4 nitrogen and oxygen atoms in total. The summed E-state index contributed by atoms with van der Waals surface area (Å²) in [5.74, 6) is 0. The molecule has 3 heterocycles. The first-order chi connectivity index (χ1) is 30.2. The van der Waals surface area contributed by atoms with Gasteiger partial charge in [-0.15, -0.1) is 11.3 Å². The van der Waals surface area contributed by atoms with E-state index in [1.807, 2.05) is 35.6 Å². The van der Waals surface area contributed by atoms with E-state index in [0.717, 1.165) is 78.0 Å². The van der Waals surface area contributed by atoms with Crippen LogP contribution < -0.4 is 9.80 Å². The molecule has 0 unspecified atom stereocenters. The lowest BCUT2D eigenvalue weighted by Gasteiger charge is -2.26. The third kappa shape index (κ3) is 5.24. The van der Waals surface area contributed by atoms with Crippen LogP contribution in [0, 0.1) is 0 Å². The van der Waals surface area contributed by atoms with E-state index >= 15 is 0 Å². The van der Waals surface area contributed by atoms with E-state index in [-0.39, 0.29) is 0 Å². The van der Waals surface area contributed by atoms with Crippen molar-refractivity contribution in [2.24, 2.45) is 0 Å². The van der Waals surface area contributed by atoms with Crippen LogP contribution in [0.25, 0.3) is 85.6 Å². The molecular weight excluding hydrogens is 765 g/mol. The fourth-order valence-electron chi connectivity index (χ4n) is 9.50. The highest BCUT2D eigenvalue weighted by molar-refractivity contribution is 7.27. The molecule has 13 rings (SSSR count). The van der Waals surface area contributed by atoms with E-state index < -0.39 is 0 Å². The molecule has 13 aromatic rings. The van der Waals surface area contributed by atoms with Crippen molar-refractivity contribution in [1.82, 2.24) is 0 Å². The van der Waals surface area contributed by atoms with Crippen LogP contribution in [0.1, 0.15) is 0 Å². The van der Waals surface area contributed by atoms with Crippen molar-refractivity contribution >= 4 is 131 Å². The Morgan fingerprint density at radius 3 is 1.61 bits per heavy atom. The molecule has 0 aliphatic carbocycles. The number of rotatable bonds is 6. The van der Waals surface area contributed by atoms with Crippen molar-refractivity contribution < 1.29 is 8.83 Å². The highest BCUT2D eigenvalue weighted by atomic mass is 32.1. The topological polar surface area (TPSA) is 32.8 Å². The van der Waals surface area contributed by atoms with Crippen molar-refractivity contribution in [1.29, 1.82) is 0 Å². The molecular formula is C56H34N2O2S. The van der Waals surface area contributed by atoms with Gasteiger partial charge >= 0.3 is 0 Å². The van der Waals surface area contributed by atoms with Gasteiger partial charge in [-0.1, -0.05) is 121 Å². The Morgan fingerprint density at radius 2 is 0.852 bits per heavy atom. The van der Waals surface area contributed by atoms with Gasteiger partial charge < -0.3 is 18.6 Å². The second-order valence-electron chi connectivity index (χ2n) is 15.6. The Morgan fingerprint density at radius 1 is 0.311 bits per heavy atom. The van der Waals surface area contributed by atoms with E-state index in [4.69, 9.17) is 8.83 Å². The van der Waals surface area contributed by atoms with Crippen LogP contribution in [-0.4, -0.2) is 0 Å². The molecule has 3 aromatic heterocycles. The van der Waals surface area contributed by atoms with Gasteiger partial charge in [0.1, 0.15) is 16.7 Å². The van der Waals surface area contributed by atoms with Gasteiger partial charge in [0.2, 0.25) is 0 Å². The van der Waals surface area contributed by atoms with Gasteiger partial charge in [0.05, 0.1) is 5.69 Å². The first-order valence-corrected chi connectivity index (χ1v) is 21.4. The van der Waals surface area contributed by atoms with Crippen molar-refractivity contribution in [3.05, 3.63) is 206 Å². The summed E-state index contributed by atoms with van der Waals surface area (Å²) < 4.78 is 15.4. The number of anilines is 6. The van der Waals surface area contributed by atoms with Crippen LogP contribution in [0.15, 0.2) is 215 Å². The van der Waals surface area contributed by atoms with Crippen LogP contribution in [-0.2, 0) is 0 Å². The lowest BCUT2D eigenvalue weighted by Crippen LogP contribution is -2.09. The summed E-state index contributed by atoms with van der Waals surface area (Å²) >= 11 is 1.87. The maximum Gasteiger partial charge on any atom is 0.159 e. The van der Waals surface area contributed by atoms with Crippen LogP contribution in [0.2, 0.25) is 0 Å². The summed E-state index contributed by atoms with van der Waals surface area (Å²) in [6, 6.07) is 73.6. The lowest BCUT2D eigenvalue weighted by atomic mass is 9.96. The minimum absolute atomic E-state index is 0.874. The molecule has 0 aliphatic rings. The molecule has 5 heteroatoms. The average Bonchev–Trinajstić information content (AvgIpc) is 4.02. The molecule has 0 radical (unpaired) electrons. The van der Waals surface area contributed by atoms with Crippen molar-refractivity contribution in [3.63, 3.8) is 0 Å². The Bertz CT molecular complexity index is 3850. The van der Waals surface area contributed by atoms with Crippen LogP contribution in [0.4, 0.5) is 34.1 Å². The number of nitrogens with zero attached hydrogens (tertiary/aromatic N) is 2. The maximum absolute atomic E-state index is 6.61. The molecule has 0 fully saturated rings. The monoisotopic (exact) mass is 798 g/mol. The molecule has 0 atom stereocenters. The fraction of sp³-hybridized carbons (Fsp3) is 0. The van der Waals surface area contributed by atoms with E-state index in [9.17, 15) is 0 Å². The molecule has 10 aromatic carbocycles. The molecule has 0 aliphatic heterocycles. The number of para-hydroxylation sites is 5. The summed E-state index contributed by atoms with van der Waals surface area (Å²) in [5.41, 5.74) is 9.96. The number of hydrogen-bond donors (Lipinski definition) is 0. The standard InChI is InChI=1S/C56H34N2O2S/c1-3-14-35(15-4-1)57(38-28-31-52-48(33-38)42-20-10-11-24-50(42)59-52)37-26-29-45-47(32-37)40-18-7-8-21-43(40)54-46-30-27-39(34-53(46)61-56(45)54)58(36-16-5-2-6-17-36)49-23-13-22-44-41-19-9-12-25-51(41)60-55(44)49/h1-34H. The van der Waals surface area contributed by atoms with Crippen molar-refractivity contribution in [3.8, 4) is 0 Å². The van der Waals surface area contributed by atoms with Gasteiger partial charge in [-0.3, -0.25) is 0 Å². The van der Waals surface area contributed by atoms with Crippen LogP contribution in [0.3, 0.4) is 0 Å². The van der Waals surface area contributed by atoms with Crippen molar-refractivity contribution in [2.45, 2.75) is 0 Å². The van der Waals surface area contributed by atoms with Crippen LogP contribution >= 0.6 is 11.3 Å². The summed E-state index contributed by atoms with van der Waals surface area (Å²) in [7, 11) is 0. The van der Waals surface area contributed by atoms with Gasteiger partial charge in [-0.25, -0.2) is 0 Å². The zero-order valence-electron chi connectivity index (χ0n) is 32.7. The largest absolute Gasteiger partial charge is 0.456 e. The Hall–Kier alpha value is -7.86. The second kappa shape index (κ2) is 13.3. The highest BCUT2D eigenvalue weighted by Crippen LogP contribution is 2.49. The Kier molecular flexibility index (Phi) is 7.44. The Balaban J connectivity index is 1.01. The first-order valence-electron chi connectivity index (χ1n) is 20.6. The van der Waals surface area contributed by atoms with Gasteiger partial charge in [0, 0.05) is 75.5 Å². The lowest BCUT2D eigenvalue weighted by molar-refractivity contribution is 0.668. The average molecular weight is 799 g/mol. The minimum Gasteiger partial charge on any atom is -0.456 e. The van der Waals surface area contributed by atoms with E-state index in [2.05, 4.69) is 192 Å². The van der Waals surface area contributed by atoms with Gasteiger partial charge in [-0.05, 0) is 101 Å². The number of thiophene rings is 1. The highest BCUT2D eigenvalue weighted by Gasteiger charge is 2.22. The number of benzene rings is 10. The van der Waals surface area contributed by atoms with Gasteiger partial charge in [-0.2, -0.15) is 0 Å². The van der Waals surface area contributed by atoms with E-state index in [1.54, 1.807) is 0 Å². The predicted molar refractivity (Wildman–Crippen MR) is 258 cm³/mol. The second-order valence-corrected chi connectivity index (χ2v) is 16.7. The molecule has 0 spiro atoms. The summed E-state index contributed by atoms with van der Waals surface area (Å²) in [5, 5.41) is 12.0. The van der Waals surface area contributed by atoms with Gasteiger partial charge in [0.15, 0.2) is 5.58 Å². The zero-order chi connectivity index (χ0) is 40.0. The van der Waals surface area contributed by atoms with Crippen molar-refractivity contribution in [2.75, 3.05) is 9.80 Å². The SMILES string of the molecule is c1ccc(N(c2ccc3oc4ccccc4c3c2)c2ccc3c(c2)c2ccccc2c2c4ccc(N(c5ccccc5)c5cccc6c5oc5ccccc56)cc4sc32)cc1. The molecule has 0 saturated heterocycles. The third-order valence-electron chi connectivity index (χ3n) is 12.2. The quantitative estimate of drug-likeness (QED) is 0.157. The number of furan rings is 2. The zero-order valence-corrected chi connectivity index (χ0v) is 33.6. The van der Waals surface area contributed by atoms with Gasteiger partial charge in [0.25, 0.3) is 0 Å². The summed E-state index contributed by atoms with van der Waals surface area (Å²) in [6.45, 7) is 0. The smallest absolute Gasteiger partial charge is 0.159 e. The van der Waals surface area contributed by atoms with E-state index in [1.165, 1.54) is 41.7 Å². The normalized spacial score (nSPS) is 11.9. The fourth-order valence-corrected chi connectivity index (χ4v) is 10.8. The predicted octanol–water partition coefficient (Wildman–Crippen LogP) is 17.1. The molecule has 0 amide bonds. The summed E-state index contributed by atoms with van der Waals surface area (Å²) in [6.07, 6.45) is 0. The third-order valence-corrected chi connectivity index (χ3v) is 13.4. The van der Waals surface area contributed by atoms with Crippen LogP contribution in [0.5, 0.6) is 0 Å². The first kappa shape index (κ1) is 34.0. The number of hydrogen-bond acceptors (Lipinski definition) is 5. The molecule has 0 saturated carbocycles. The summed E-state index contributed by atoms with van der Waals surface area (Å²) in [4.78, 5) is 4.69.